The van der Waals surface area contributed by atoms with E-state index in [1.54, 1.807) is 0 Å². The summed E-state index contributed by atoms with van der Waals surface area (Å²) in [5, 5.41) is 3.38. The van der Waals surface area contributed by atoms with E-state index in [1.165, 1.54) is 0 Å². The Morgan fingerprint density at radius 3 is 2.58 bits per heavy atom. The number of hydrogen-bond donors (Lipinski definition) is 1. The summed E-state index contributed by atoms with van der Waals surface area (Å²) in [4.78, 5) is 7.02. The lowest BCUT2D eigenvalue weighted by Gasteiger charge is -2.34. The second kappa shape index (κ2) is 10.6. The average Bonchev–Trinajstić information content (AvgIpc) is 2.60. The van der Waals surface area contributed by atoms with Gasteiger partial charge in [-0.05, 0) is 51.0 Å². The summed E-state index contributed by atoms with van der Waals surface area (Å²) in [6, 6.07) is 7.87. The fourth-order valence-electron chi connectivity index (χ4n) is 2.74. The summed E-state index contributed by atoms with van der Waals surface area (Å²) in [6.07, 6.45) is 2.52. The van der Waals surface area contributed by atoms with Crippen molar-refractivity contribution in [3.63, 3.8) is 0 Å². The van der Waals surface area contributed by atoms with Crippen LogP contribution in [0.15, 0.2) is 33.7 Å². The molecule has 0 bridgehead atoms. The molecule has 1 aliphatic heterocycles. The maximum atomic E-state index is 5.73. The summed E-state index contributed by atoms with van der Waals surface area (Å²) in [6.45, 7) is 9.03. The SMILES string of the molecule is CCNC(=NCCOc1ccc(Br)cc1)N1CCC(OCC)CC1. The van der Waals surface area contributed by atoms with E-state index in [-0.39, 0.29) is 0 Å². The van der Waals surface area contributed by atoms with Crippen molar-refractivity contribution < 1.29 is 9.47 Å². The van der Waals surface area contributed by atoms with Gasteiger partial charge >= 0.3 is 0 Å². The fourth-order valence-corrected chi connectivity index (χ4v) is 3.01. The van der Waals surface area contributed by atoms with Gasteiger partial charge in [0.2, 0.25) is 0 Å². The first kappa shape index (κ1) is 19.1. The molecule has 0 unspecified atom stereocenters. The molecule has 0 aliphatic carbocycles. The lowest BCUT2D eigenvalue weighted by Crippen LogP contribution is -2.47. The third kappa shape index (κ3) is 6.32. The van der Waals surface area contributed by atoms with Crippen molar-refractivity contribution in [2.75, 3.05) is 39.4 Å². The Bertz CT molecular complexity index is 499. The highest BCUT2D eigenvalue weighted by molar-refractivity contribution is 9.10. The quantitative estimate of drug-likeness (QED) is 0.435. The van der Waals surface area contributed by atoms with Crippen molar-refractivity contribution in [3.05, 3.63) is 28.7 Å². The molecule has 1 fully saturated rings. The molecule has 0 spiro atoms. The van der Waals surface area contributed by atoms with E-state index in [0.29, 0.717) is 19.3 Å². The lowest BCUT2D eigenvalue weighted by molar-refractivity contribution is 0.0263. The number of aliphatic imine (C=N–C) groups is 1. The van der Waals surface area contributed by atoms with E-state index in [2.05, 4.69) is 40.0 Å². The number of piperidine rings is 1. The number of benzene rings is 1. The predicted octanol–water partition coefficient (Wildman–Crippen LogP) is 3.29. The van der Waals surface area contributed by atoms with Gasteiger partial charge in [-0.25, -0.2) is 4.99 Å². The maximum absolute atomic E-state index is 5.73. The van der Waals surface area contributed by atoms with Gasteiger partial charge in [0, 0.05) is 30.7 Å². The van der Waals surface area contributed by atoms with E-state index >= 15 is 0 Å². The zero-order chi connectivity index (χ0) is 17.2. The number of nitrogens with one attached hydrogen (secondary N) is 1. The van der Waals surface area contributed by atoms with Crippen LogP contribution >= 0.6 is 15.9 Å². The molecule has 24 heavy (non-hydrogen) atoms. The average molecular weight is 398 g/mol. The number of hydrogen-bond acceptors (Lipinski definition) is 3. The minimum atomic E-state index is 0.398. The Balaban J connectivity index is 1.79. The molecule has 5 nitrogen and oxygen atoms in total. The molecule has 1 heterocycles. The number of ether oxygens (including phenoxy) is 2. The normalized spacial score (nSPS) is 16.3. The summed E-state index contributed by atoms with van der Waals surface area (Å²) in [5.41, 5.74) is 0. The van der Waals surface area contributed by atoms with E-state index < -0.39 is 0 Å². The molecule has 1 aromatic rings. The Morgan fingerprint density at radius 2 is 1.96 bits per heavy atom. The van der Waals surface area contributed by atoms with Crippen molar-refractivity contribution in [2.24, 2.45) is 4.99 Å². The molecule has 0 atom stereocenters. The summed E-state index contributed by atoms with van der Waals surface area (Å²) >= 11 is 3.42. The van der Waals surface area contributed by atoms with Crippen LogP contribution in [0, 0.1) is 0 Å². The van der Waals surface area contributed by atoms with Gasteiger partial charge in [0.1, 0.15) is 12.4 Å². The monoisotopic (exact) mass is 397 g/mol. The molecule has 0 saturated carbocycles. The molecule has 0 amide bonds. The molecule has 1 aliphatic rings. The Kier molecular flexibility index (Phi) is 8.39. The van der Waals surface area contributed by atoms with Crippen molar-refractivity contribution in [2.45, 2.75) is 32.8 Å². The maximum Gasteiger partial charge on any atom is 0.194 e. The van der Waals surface area contributed by atoms with Gasteiger partial charge in [-0.1, -0.05) is 15.9 Å². The third-order valence-electron chi connectivity index (χ3n) is 3.91. The minimum absolute atomic E-state index is 0.398. The Hall–Kier alpha value is -1.27. The van der Waals surface area contributed by atoms with Crippen LogP contribution in [0.1, 0.15) is 26.7 Å². The van der Waals surface area contributed by atoms with Crippen molar-refractivity contribution in [1.29, 1.82) is 0 Å². The highest BCUT2D eigenvalue weighted by Gasteiger charge is 2.21. The van der Waals surface area contributed by atoms with Crippen LogP contribution in [0.3, 0.4) is 0 Å². The van der Waals surface area contributed by atoms with E-state index in [0.717, 1.165) is 55.3 Å². The minimum Gasteiger partial charge on any atom is -0.492 e. The molecule has 0 aromatic heterocycles. The highest BCUT2D eigenvalue weighted by atomic mass is 79.9. The van der Waals surface area contributed by atoms with Crippen LogP contribution in [0.5, 0.6) is 5.75 Å². The number of nitrogens with zero attached hydrogens (tertiary/aromatic N) is 2. The smallest absolute Gasteiger partial charge is 0.194 e. The second-order valence-electron chi connectivity index (χ2n) is 5.68. The van der Waals surface area contributed by atoms with E-state index in [4.69, 9.17) is 14.5 Å². The molecule has 1 N–H and O–H groups in total. The third-order valence-corrected chi connectivity index (χ3v) is 4.44. The van der Waals surface area contributed by atoms with Crippen LogP contribution in [0.2, 0.25) is 0 Å². The molecular formula is C18H28BrN3O2. The van der Waals surface area contributed by atoms with Crippen molar-refractivity contribution in [3.8, 4) is 5.75 Å². The van der Waals surface area contributed by atoms with Crippen LogP contribution in [0.4, 0.5) is 0 Å². The molecular weight excluding hydrogens is 370 g/mol. The van der Waals surface area contributed by atoms with E-state index in [1.807, 2.05) is 24.3 Å². The molecule has 0 radical (unpaired) electrons. The zero-order valence-corrected chi connectivity index (χ0v) is 16.2. The van der Waals surface area contributed by atoms with Crippen LogP contribution in [0.25, 0.3) is 0 Å². The summed E-state index contributed by atoms with van der Waals surface area (Å²) in [5.74, 6) is 1.85. The molecule has 1 aromatic carbocycles. The van der Waals surface area contributed by atoms with Gasteiger partial charge in [0.15, 0.2) is 5.96 Å². The number of halogens is 1. The first-order chi connectivity index (χ1) is 11.7. The van der Waals surface area contributed by atoms with Gasteiger partial charge in [0.05, 0.1) is 12.6 Å². The number of rotatable bonds is 7. The van der Waals surface area contributed by atoms with Crippen LogP contribution in [-0.4, -0.2) is 56.4 Å². The largest absolute Gasteiger partial charge is 0.492 e. The second-order valence-corrected chi connectivity index (χ2v) is 6.60. The fraction of sp³-hybridized carbons (Fsp3) is 0.611. The zero-order valence-electron chi connectivity index (χ0n) is 14.6. The van der Waals surface area contributed by atoms with Gasteiger partial charge in [-0.2, -0.15) is 0 Å². The molecule has 1 saturated heterocycles. The molecule has 2 rings (SSSR count). The highest BCUT2D eigenvalue weighted by Crippen LogP contribution is 2.16. The summed E-state index contributed by atoms with van der Waals surface area (Å²) in [7, 11) is 0. The number of likely N-dealkylation sites (tertiary alicyclic amines) is 1. The first-order valence-corrected chi connectivity index (χ1v) is 9.55. The standard InChI is InChI=1S/C18H28BrN3O2/c1-3-20-18(22-12-9-17(10-13-22)23-4-2)21-11-14-24-16-7-5-15(19)6-8-16/h5-8,17H,3-4,9-14H2,1-2H3,(H,20,21). The van der Waals surface area contributed by atoms with E-state index in [9.17, 15) is 0 Å². The van der Waals surface area contributed by atoms with Gasteiger partial charge < -0.3 is 19.7 Å². The van der Waals surface area contributed by atoms with Gasteiger partial charge in [0.25, 0.3) is 0 Å². The Labute approximate surface area is 153 Å². The van der Waals surface area contributed by atoms with Gasteiger partial charge in [-0.3, -0.25) is 0 Å². The molecule has 6 heteroatoms. The predicted molar refractivity (Wildman–Crippen MR) is 102 cm³/mol. The van der Waals surface area contributed by atoms with Crippen molar-refractivity contribution >= 4 is 21.9 Å². The van der Waals surface area contributed by atoms with Crippen molar-refractivity contribution in [1.82, 2.24) is 10.2 Å². The molecule has 134 valence electrons. The van der Waals surface area contributed by atoms with Gasteiger partial charge in [-0.15, -0.1) is 0 Å². The van der Waals surface area contributed by atoms with Crippen LogP contribution < -0.4 is 10.1 Å². The summed E-state index contributed by atoms with van der Waals surface area (Å²) < 4.78 is 12.5. The Morgan fingerprint density at radius 1 is 1.25 bits per heavy atom. The number of guanidine groups is 1. The lowest BCUT2D eigenvalue weighted by atomic mass is 10.1. The topological polar surface area (TPSA) is 46.1 Å². The van der Waals surface area contributed by atoms with Crippen LogP contribution in [-0.2, 0) is 4.74 Å². The first-order valence-electron chi connectivity index (χ1n) is 8.76.